The third kappa shape index (κ3) is 3.54. The molecule has 0 radical (unpaired) electrons. The van der Waals surface area contributed by atoms with Crippen LogP contribution >= 0.6 is 11.3 Å². The molecule has 4 nitrogen and oxygen atoms in total. The van der Waals surface area contributed by atoms with Crippen molar-refractivity contribution >= 4 is 11.3 Å². The summed E-state index contributed by atoms with van der Waals surface area (Å²) in [4.78, 5) is 7.22. The Morgan fingerprint density at radius 2 is 2.21 bits per heavy atom. The summed E-state index contributed by atoms with van der Waals surface area (Å²) in [7, 11) is 0. The first kappa shape index (κ1) is 13.5. The van der Waals surface area contributed by atoms with Crippen molar-refractivity contribution in [1.82, 2.24) is 15.2 Å². The first-order valence-electron chi connectivity index (χ1n) is 7.35. The summed E-state index contributed by atoms with van der Waals surface area (Å²) in [6.45, 7) is 7.32. The number of rotatable bonds is 6. The molecular weight excluding hydrogens is 258 g/mol. The molecule has 19 heavy (non-hydrogen) atoms. The monoisotopic (exact) mass is 281 g/mol. The van der Waals surface area contributed by atoms with E-state index < -0.39 is 0 Å². The lowest BCUT2D eigenvalue weighted by Crippen LogP contribution is -2.42. The Morgan fingerprint density at radius 1 is 1.42 bits per heavy atom. The highest BCUT2D eigenvalue weighted by atomic mass is 32.1. The molecular formula is C14H23N3OS. The Hall–Kier alpha value is -0.490. The molecule has 1 aromatic rings. The predicted molar refractivity (Wildman–Crippen MR) is 77.3 cm³/mol. The van der Waals surface area contributed by atoms with E-state index in [0.29, 0.717) is 12.2 Å². The first-order valence-corrected chi connectivity index (χ1v) is 8.23. The van der Waals surface area contributed by atoms with Gasteiger partial charge in [0.15, 0.2) is 0 Å². The number of morpholine rings is 1. The van der Waals surface area contributed by atoms with Crippen molar-refractivity contribution in [3.63, 3.8) is 0 Å². The maximum Gasteiger partial charge on any atom is 0.107 e. The maximum absolute atomic E-state index is 5.87. The molecule has 0 saturated carbocycles. The fraction of sp³-hybridized carbons (Fsp3) is 0.786. The lowest BCUT2D eigenvalue weighted by molar-refractivity contribution is -0.0413. The molecule has 2 saturated heterocycles. The molecule has 0 aliphatic carbocycles. The van der Waals surface area contributed by atoms with Gasteiger partial charge in [-0.2, -0.15) is 0 Å². The summed E-state index contributed by atoms with van der Waals surface area (Å²) in [5, 5.41) is 6.82. The minimum Gasteiger partial charge on any atom is -0.372 e. The van der Waals surface area contributed by atoms with Crippen LogP contribution in [0.1, 0.15) is 36.9 Å². The van der Waals surface area contributed by atoms with E-state index in [1.165, 1.54) is 30.0 Å². The predicted octanol–water partition coefficient (Wildman–Crippen LogP) is 2.01. The zero-order valence-corrected chi connectivity index (χ0v) is 12.4. The Bertz CT molecular complexity index is 397. The lowest BCUT2D eigenvalue weighted by Gasteiger charge is -2.31. The van der Waals surface area contributed by atoms with Crippen LogP contribution in [0.15, 0.2) is 5.38 Å². The Morgan fingerprint density at radius 3 is 2.95 bits per heavy atom. The number of hydrogen-bond donors (Lipinski definition) is 1. The number of ether oxygens (including phenoxy) is 1. The van der Waals surface area contributed by atoms with Gasteiger partial charge >= 0.3 is 0 Å². The Balaban J connectivity index is 1.49. The second-order valence-electron chi connectivity index (χ2n) is 5.56. The highest BCUT2D eigenvalue weighted by Gasteiger charge is 2.33. The highest BCUT2D eigenvalue weighted by Crippen LogP contribution is 2.27. The van der Waals surface area contributed by atoms with Crippen molar-refractivity contribution in [2.24, 2.45) is 0 Å². The molecule has 0 amide bonds. The molecule has 3 heterocycles. The first-order chi connectivity index (χ1) is 9.33. The van der Waals surface area contributed by atoms with Crippen molar-refractivity contribution in [2.75, 3.05) is 19.6 Å². The highest BCUT2D eigenvalue weighted by molar-refractivity contribution is 7.09. The second kappa shape index (κ2) is 6.31. The summed E-state index contributed by atoms with van der Waals surface area (Å²) < 4.78 is 5.87. The van der Waals surface area contributed by atoms with Crippen molar-refractivity contribution in [1.29, 1.82) is 0 Å². The summed E-state index contributed by atoms with van der Waals surface area (Å²) in [5.41, 5.74) is 1.22. The van der Waals surface area contributed by atoms with Gasteiger partial charge in [0.05, 0.1) is 17.9 Å². The average Bonchev–Trinajstić information content (AvgIpc) is 2.97. The van der Waals surface area contributed by atoms with Gasteiger partial charge in [-0.25, -0.2) is 4.98 Å². The van der Waals surface area contributed by atoms with Crippen LogP contribution in [-0.2, 0) is 17.8 Å². The maximum atomic E-state index is 5.87. The molecule has 106 valence electrons. The third-order valence-corrected chi connectivity index (χ3v) is 4.70. The van der Waals surface area contributed by atoms with Gasteiger partial charge in [-0.05, 0) is 25.8 Å². The molecule has 0 aromatic carbocycles. The smallest absolute Gasteiger partial charge is 0.107 e. The van der Waals surface area contributed by atoms with Gasteiger partial charge in [-0.15, -0.1) is 11.3 Å². The van der Waals surface area contributed by atoms with Crippen LogP contribution in [0.3, 0.4) is 0 Å². The number of aromatic nitrogens is 1. The Kier molecular flexibility index (Phi) is 4.48. The van der Waals surface area contributed by atoms with Gasteiger partial charge in [0.1, 0.15) is 5.01 Å². The van der Waals surface area contributed by atoms with Crippen molar-refractivity contribution in [2.45, 2.75) is 51.5 Å². The van der Waals surface area contributed by atoms with E-state index >= 15 is 0 Å². The van der Waals surface area contributed by atoms with E-state index in [2.05, 4.69) is 22.5 Å². The number of fused-ring (bicyclic) bond motifs is 2. The standard InChI is InChI=1S/C14H23N3OS/c1-2-5-15-6-14-16-11(10-19-14)7-17-8-12-3-4-13(9-17)18-12/h10,12-13,15H,2-9H2,1H3. The fourth-order valence-electron chi connectivity index (χ4n) is 2.93. The molecule has 2 unspecified atom stereocenters. The summed E-state index contributed by atoms with van der Waals surface area (Å²) in [6.07, 6.45) is 4.61. The van der Waals surface area contributed by atoms with Crippen LogP contribution in [0.4, 0.5) is 0 Å². The summed E-state index contributed by atoms with van der Waals surface area (Å²) >= 11 is 1.77. The summed E-state index contributed by atoms with van der Waals surface area (Å²) in [5.74, 6) is 0. The zero-order chi connectivity index (χ0) is 13.1. The van der Waals surface area contributed by atoms with E-state index in [0.717, 1.165) is 32.7 Å². The van der Waals surface area contributed by atoms with Crippen LogP contribution in [0.5, 0.6) is 0 Å². The third-order valence-electron chi connectivity index (χ3n) is 3.81. The molecule has 2 aliphatic rings. The van der Waals surface area contributed by atoms with Crippen molar-refractivity contribution in [3.8, 4) is 0 Å². The van der Waals surface area contributed by atoms with Gasteiger partial charge in [-0.3, -0.25) is 4.90 Å². The lowest BCUT2D eigenvalue weighted by atomic mass is 10.2. The largest absolute Gasteiger partial charge is 0.372 e. The zero-order valence-electron chi connectivity index (χ0n) is 11.6. The number of hydrogen-bond acceptors (Lipinski definition) is 5. The topological polar surface area (TPSA) is 37.4 Å². The molecule has 1 N–H and O–H groups in total. The SMILES string of the molecule is CCCNCc1nc(CN2CC3CCC(C2)O3)cs1. The van der Waals surface area contributed by atoms with E-state index in [9.17, 15) is 0 Å². The fourth-order valence-corrected chi connectivity index (χ4v) is 3.69. The van der Waals surface area contributed by atoms with E-state index in [1.54, 1.807) is 11.3 Å². The van der Waals surface area contributed by atoms with Gasteiger partial charge in [0.25, 0.3) is 0 Å². The minimum absolute atomic E-state index is 0.475. The second-order valence-corrected chi connectivity index (χ2v) is 6.50. The van der Waals surface area contributed by atoms with Crippen LogP contribution in [0.25, 0.3) is 0 Å². The number of thiazole rings is 1. The molecule has 3 rings (SSSR count). The van der Waals surface area contributed by atoms with Crippen LogP contribution in [0, 0.1) is 0 Å². The molecule has 2 fully saturated rings. The number of nitrogens with zero attached hydrogens (tertiary/aromatic N) is 2. The van der Waals surface area contributed by atoms with Gasteiger partial charge in [-0.1, -0.05) is 6.92 Å². The molecule has 2 atom stereocenters. The molecule has 1 aromatic heterocycles. The molecule has 5 heteroatoms. The molecule has 2 aliphatic heterocycles. The Labute approximate surface area is 119 Å². The van der Waals surface area contributed by atoms with Gasteiger partial charge < -0.3 is 10.1 Å². The van der Waals surface area contributed by atoms with Crippen LogP contribution in [-0.4, -0.2) is 41.7 Å². The van der Waals surface area contributed by atoms with E-state index in [-0.39, 0.29) is 0 Å². The van der Waals surface area contributed by atoms with E-state index in [1.807, 2.05) is 0 Å². The van der Waals surface area contributed by atoms with Gasteiger partial charge in [0, 0.05) is 31.6 Å². The average molecular weight is 281 g/mol. The molecule has 0 spiro atoms. The van der Waals surface area contributed by atoms with E-state index in [4.69, 9.17) is 9.72 Å². The molecule has 2 bridgehead atoms. The van der Waals surface area contributed by atoms with Gasteiger partial charge in [0.2, 0.25) is 0 Å². The van der Waals surface area contributed by atoms with Crippen molar-refractivity contribution < 1.29 is 4.74 Å². The minimum atomic E-state index is 0.475. The normalized spacial score (nSPS) is 27.0. The van der Waals surface area contributed by atoms with Crippen LogP contribution in [0.2, 0.25) is 0 Å². The number of likely N-dealkylation sites (tertiary alicyclic amines) is 1. The number of nitrogens with one attached hydrogen (secondary N) is 1. The van der Waals surface area contributed by atoms with Crippen LogP contribution < -0.4 is 5.32 Å². The quantitative estimate of drug-likeness (QED) is 0.809. The summed E-state index contributed by atoms with van der Waals surface area (Å²) in [6, 6.07) is 0. The van der Waals surface area contributed by atoms with Crippen molar-refractivity contribution in [3.05, 3.63) is 16.1 Å².